The Hall–Kier alpha value is -3.25. The second-order valence-corrected chi connectivity index (χ2v) is 7.44. The molecule has 3 N–H and O–H groups in total. The quantitative estimate of drug-likeness (QED) is 0.701. The average Bonchev–Trinajstić information content (AvgIpc) is 3.22. The Morgan fingerprint density at radius 3 is 2.72 bits per heavy atom. The van der Waals surface area contributed by atoms with Crippen LogP contribution < -0.4 is 5.73 Å². The molecule has 1 amide bonds. The Balaban J connectivity index is 1.51. The second-order valence-electron chi connectivity index (χ2n) is 7.44. The van der Waals surface area contributed by atoms with Gasteiger partial charge in [0.15, 0.2) is 0 Å². The van der Waals surface area contributed by atoms with Gasteiger partial charge in [-0.3, -0.25) is 4.79 Å². The molecule has 0 unspecified atom stereocenters. The van der Waals surface area contributed by atoms with Gasteiger partial charge in [-0.1, -0.05) is 54.6 Å². The summed E-state index contributed by atoms with van der Waals surface area (Å²) >= 11 is 0. The number of likely N-dealkylation sites (tertiary alicyclic amines) is 1. The summed E-state index contributed by atoms with van der Waals surface area (Å²) in [6, 6.07) is 17.6. The SMILES string of the molecule is Nc1ncc(C(=O)N2CC[C@@H](Cc3cccc(CO)c3)C2)c(-c2ccccc2)n1. The lowest BCUT2D eigenvalue weighted by molar-refractivity contribution is 0.0787. The van der Waals surface area contributed by atoms with Gasteiger partial charge < -0.3 is 15.7 Å². The zero-order valence-electron chi connectivity index (χ0n) is 16.2. The number of rotatable bonds is 5. The zero-order valence-corrected chi connectivity index (χ0v) is 16.2. The maximum atomic E-state index is 13.2. The van der Waals surface area contributed by atoms with Gasteiger partial charge in [-0.05, 0) is 29.9 Å². The number of amides is 1. The minimum Gasteiger partial charge on any atom is -0.392 e. The average molecular weight is 388 g/mol. The van der Waals surface area contributed by atoms with Crippen LogP contribution >= 0.6 is 0 Å². The molecule has 0 aliphatic carbocycles. The fourth-order valence-corrected chi connectivity index (χ4v) is 3.91. The van der Waals surface area contributed by atoms with E-state index >= 15 is 0 Å². The van der Waals surface area contributed by atoms with Crippen LogP contribution in [0.4, 0.5) is 5.95 Å². The number of anilines is 1. The molecule has 0 radical (unpaired) electrons. The summed E-state index contributed by atoms with van der Waals surface area (Å²) in [5.74, 6) is 0.488. The third-order valence-corrected chi connectivity index (χ3v) is 5.36. The Labute approximate surface area is 170 Å². The van der Waals surface area contributed by atoms with Gasteiger partial charge in [0.1, 0.15) is 0 Å². The minimum absolute atomic E-state index is 0.0442. The first-order chi connectivity index (χ1) is 14.1. The van der Waals surface area contributed by atoms with E-state index in [0.717, 1.165) is 24.0 Å². The standard InChI is InChI=1S/C23H24N4O2/c24-23-25-13-20(21(26-23)19-7-2-1-3-8-19)22(29)27-10-9-17(14-27)11-16-5-4-6-18(12-16)15-28/h1-8,12-13,17,28H,9-11,14-15H2,(H2,24,25,26)/t17-/m0/s1. The van der Waals surface area contributed by atoms with Crippen molar-refractivity contribution in [3.8, 4) is 11.3 Å². The molecule has 29 heavy (non-hydrogen) atoms. The van der Waals surface area contributed by atoms with Crippen LogP contribution in [0.1, 0.15) is 27.9 Å². The topological polar surface area (TPSA) is 92.3 Å². The number of nitrogen functional groups attached to an aromatic ring is 1. The number of aliphatic hydroxyl groups is 1. The lowest BCUT2D eigenvalue weighted by atomic mass is 9.97. The number of hydrogen-bond acceptors (Lipinski definition) is 5. The smallest absolute Gasteiger partial charge is 0.257 e. The number of nitrogens with two attached hydrogens (primary N) is 1. The van der Waals surface area contributed by atoms with Gasteiger partial charge in [-0.25, -0.2) is 9.97 Å². The Bertz CT molecular complexity index is 1010. The van der Waals surface area contributed by atoms with Crippen molar-refractivity contribution < 1.29 is 9.90 Å². The van der Waals surface area contributed by atoms with Crippen molar-refractivity contribution in [1.29, 1.82) is 0 Å². The number of benzene rings is 2. The van der Waals surface area contributed by atoms with Gasteiger partial charge in [0.2, 0.25) is 5.95 Å². The Morgan fingerprint density at radius 1 is 1.14 bits per heavy atom. The predicted octanol–water partition coefficient (Wildman–Crippen LogP) is 2.92. The molecule has 1 fully saturated rings. The molecule has 6 nitrogen and oxygen atoms in total. The van der Waals surface area contributed by atoms with E-state index in [4.69, 9.17) is 5.73 Å². The highest BCUT2D eigenvalue weighted by molar-refractivity contribution is 6.00. The van der Waals surface area contributed by atoms with Crippen LogP contribution in [0.3, 0.4) is 0 Å². The number of aliphatic hydroxyl groups excluding tert-OH is 1. The normalized spacial score (nSPS) is 16.2. The van der Waals surface area contributed by atoms with Crippen molar-refractivity contribution >= 4 is 11.9 Å². The number of hydrogen-bond donors (Lipinski definition) is 2. The van der Waals surface area contributed by atoms with Crippen LogP contribution in [0.15, 0.2) is 60.8 Å². The Kier molecular flexibility index (Phi) is 5.53. The van der Waals surface area contributed by atoms with E-state index in [9.17, 15) is 9.90 Å². The lowest BCUT2D eigenvalue weighted by Gasteiger charge is -2.18. The monoisotopic (exact) mass is 388 g/mol. The summed E-state index contributed by atoms with van der Waals surface area (Å²) in [7, 11) is 0. The second kappa shape index (κ2) is 8.41. The van der Waals surface area contributed by atoms with Gasteiger partial charge in [0, 0.05) is 24.8 Å². The van der Waals surface area contributed by atoms with Gasteiger partial charge in [-0.2, -0.15) is 0 Å². The lowest BCUT2D eigenvalue weighted by Crippen LogP contribution is -2.30. The molecule has 0 saturated carbocycles. The maximum absolute atomic E-state index is 13.2. The number of carbonyl (C=O) groups is 1. The molecule has 2 heterocycles. The van der Waals surface area contributed by atoms with E-state index < -0.39 is 0 Å². The minimum atomic E-state index is -0.0598. The molecular weight excluding hydrogens is 364 g/mol. The maximum Gasteiger partial charge on any atom is 0.257 e. The van der Waals surface area contributed by atoms with Crippen molar-refractivity contribution in [1.82, 2.24) is 14.9 Å². The molecule has 4 rings (SSSR count). The molecule has 1 aromatic heterocycles. The van der Waals surface area contributed by atoms with Crippen LogP contribution in [-0.2, 0) is 13.0 Å². The van der Waals surface area contributed by atoms with E-state index in [1.807, 2.05) is 53.4 Å². The van der Waals surface area contributed by atoms with Crippen molar-refractivity contribution in [3.05, 3.63) is 77.5 Å². The van der Waals surface area contributed by atoms with Crippen molar-refractivity contribution in [2.24, 2.45) is 5.92 Å². The molecule has 1 saturated heterocycles. The van der Waals surface area contributed by atoms with Gasteiger partial charge >= 0.3 is 0 Å². The summed E-state index contributed by atoms with van der Waals surface area (Å²) < 4.78 is 0. The van der Waals surface area contributed by atoms with Crippen LogP contribution in [0.2, 0.25) is 0 Å². The van der Waals surface area contributed by atoms with Crippen LogP contribution in [-0.4, -0.2) is 39.0 Å². The van der Waals surface area contributed by atoms with Crippen molar-refractivity contribution in [2.45, 2.75) is 19.4 Å². The number of carbonyl (C=O) groups excluding carboxylic acids is 1. The Morgan fingerprint density at radius 2 is 1.93 bits per heavy atom. The van der Waals surface area contributed by atoms with Crippen LogP contribution in [0.25, 0.3) is 11.3 Å². The molecular formula is C23H24N4O2. The van der Waals surface area contributed by atoms with Gasteiger partial charge in [0.25, 0.3) is 5.91 Å². The zero-order chi connectivity index (χ0) is 20.2. The molecule has 148 valence electrons. The van der Waals surface area contributed by atoms with Gasteiger partial charge in [-0.15, -0.1) is 0 Å². The van der Waals surface area contributed by atoms with E-state index in [-0.39, 0.29) is 18.5 Å². The fourth-order valence-electron chi connectivity index (χ4n) is 3.91. The molecule has 0 bridgehead atoms. The summed E-state index contributed by atoms with van der Waals surface area (Å²) in [5.41, 5.74) is 9.79. The molecule has 1 aliphatic rings. The first-order valence-corrected chi connectivity index (χ1v) is 9.80. The van der Waals surface area contributed by atoms with E-state index in [1.54, 1.807) is 0 Å². The first kappa shape index (κ1) is 19.1. The number of nitrogens with zero attached hydrogens (tertiary/aromatic N) is 3. The first-order valence-electron chi connectivity index (χ1n) is 9.80. The molecule has 1 aliphatic heterocycles. The van der Waals surface area contributed by atoms with E-state index in [2.05, 4.69) is 16.0 Å². The van der Waals surface area contributed by atoms with Crippen molar-refractivity contribution in [2.75, 3.05) is 18.8 Å². The van der Waals surface area contributed by atoms with Crippen molar-refractivity contribution in [3.63, 3.8) is 0 Å². The largest absolute Gasteiger partial charge is 0.392 e. The van der Waals surface area contributed by atoms with Crippen LogP contribution in [0.5, 0.6) is 0 Å². The summed E-state index contributed by atoms with van der Waals surface area (Å²) in [5, 5.41) is 9.33. The van der Waals surface area contributed by atoms with Gasteiger partial charge in [0.05, 0.1) is 17.9 Å². The molecule has 3 aromatic rings. The number of aromatic nitrogens is 2. The third-order valence-electron chi connectivity index (χ3n) is 5.36. The highest BCUT2D eigenvalue weighted by Crippen LogP contribution is 2.27. The molecule has 0 spiro atoms. The predicted molar refractivity (Wildman–Crippen MR) is 112 cm³/mol. The van der Waals surface area contributed by atoms with Crippen LogP contribution in [0, 0.1) is 5.92 Å². The molecule has 2 aromatic carbocycles. The summed E-state index contributed by atoms with van der Waals surface area (Å²) in [6.07, 6.45) is 3.37. The molecule has 1 atom stereocenters. The fraction of sp³-hybridized carbons (Fsp3) is 0.261. The van der Waals surface area contributed by atoms with E-state index in [1.165, 1.54) is 11.8 Å². The van der Waals surface area contributed by atoms with E-state index in [0.29, 0.717) is 30.3 Å². The highest BCUT2D eigenvalue weighted by atomic mass is 16.3. The highest BCUT2D eigenvalue weighted by Gasteiger charge is 2.29. The third kappa shape index (κ3) is 4.27. The molecule has 6 heteroatoms. The summed E-state index contributed by atoms with van der Waals surface area (Å²) in [4.78, 5) is 23.5. The summed E-state index contributed by atoms with van der Waals surface area (Å²) in [6.45, 7) is 1.45.